The molecule has 0 spiro atoms. The fourth-order valence-corrected chi connectivity index (χ4v) is 3.25. The number of rotatable bonds is 7. The van der Waals surface area contributed by atoms with Crippen LogP contribution < -0.4 is 16.5 Å². The second-order valence-electron chi connectivity index (χ2n) is 5.69. The molecule has 0 amide bonds. The molecule has 1 aromatic rings. The van der Waals surface area contributed by atoms with Crippen molar-refractivity contribution in [3.05, 3.63) is 22.7 Å². The first kappa shape index (κ1) is 21.3. The summed E-state index contributed by atoms with van der Waals surface area (Å²) >= 11 is 0. The van der Waals surface area contributed by atoms with Gasteiger partial charge in [-0.1, -0.05) is 0 Å². The van der Waals surface area contributed by atoms with Crippen LogP contribution in [0.2, 0.25) is 0 Å². The average molecular weight is 414 g/mol. The number of nitrogens with two attached hydrogens (primary N) is 1. The van der Waals surface area contributed by atoms with Crippen molar-refractivity contribution >= 4 is 19.5 Å². The molecule has 1 fully saturated rings. The molecule has 1 aromatic heterocycles. The molecule has 0 radical (unpaired) electrons. The standard InChI is InChI=1S/C12H17F2N4O8P/c1-5(9(20)21)17-27(23,24)25-4-6-8(19)12(13,14)10(26-6)18-3-2-7(15)16-11(18)22/h2-3,5-6,8,10,19H,4H2,1H3,(H,20,21)(H2,15,16,22)(H2,17,23,24)/t5-,6+,8+,10+/m0/s1. The summed E-state index contributed by atoms with van der Waals surface area (Å²) < 4.78 is 50.2. The lowest BCUT2D eigenvalue weighted by molar-refractivity contribution is -0.141. The number of aliphatic carboxylic acids is 1. The van der Waals surface area contributed by atoms with Crippen LogP contribution in [-0.2, 0) is 18.6 Å². The number of nitrogens with one attached hydrogen (secondary N) is 1. The summed E-state index contributed by atoms with van der Waals surface area (Å²) in [6.07, 6.45) is -5.64. The Bertz CT molecular complexity index is 821. The molecule has 2 heterocycles. The Balaban J connectivity index is 2.13. The van der Waals surface area contributed by atoms with Crippen LogP contribution in [0.25, 0.3) is 0 Å². The fraction of sp³-hybridized carbons (Fsp3) is 0.583. The van der Waals surface area contributed by atoms with Crippen molar-refractivity contribution in [2.24, 2.45) is 0 Å². The lowest BCUT2D eigenvalue weighted by Crippen LogP contribution is -2.42. The van der Waals surface area contributed by atoms with E-state index in [0.29, 0.717) is 4.57 Å². The largest absolute Gasteiger partial charge is 0.480 e. The van der Waals surface area contributed by atoms with E-state index in [9.17, 15) is 32.9 Å². The van der Waals surface area contributed by atoms with E-state index < -0.39 is 56.4 Å². The summed E-state index contributed by atoms with van der Waals surface area (Å²) in [5.41, 5.74) is 4.12. The molecule has 0 aromatic carbocycles. The molecule has 6 N–H and O–H groups in total. The maximum Gasteiger partial charge on any atom is 0.403 e. The molecule has 1 unspecified atom stereocenters. The maximum atomic E-state index is 14.3. The Labute approximate surface area is 150 Å². The summed E-state index contributed by atoms with van der Waals surface area (Å²) in [6.45, 7) is 0.0672. The number of nitrogens with zero attached hydrogens (tertiary/aromatic N) is 2. The van der Waals surface area contributed by atoms with Crippen LogP contribution in [0, 0.1) is 0 Å². The van der Waals surface area contributed by atoms with Crippen molar-refractivity contribution in [1.29, 1.82) is 0 Å². The highest BCUT2D eigenvalue weighted by Gasteiger charge is 2.60. The molecule has 0 saturated carbocycles. The number of anilines is 1. The predicted octanol–water partition coefficient (Wildman–Crippen LogP) is -1.10. The van der Waals surface area contributed by atoms with Crippen molar-refractivity contribution in [1.82, 2.24) is 14.6 Å². The van der Waals surface area contributed by atoms with Gasteiger partial charge in [-0.2, -0.15) is 13.8 Å². The second kappa shape index (κ2) is 7.58. The second-order valence-corrected chi connectivity index (χ2v) is 7.25. The van der Waals surface area contributed by atoms with Gasteiger partial charge in [0.2, 0.25) is 6.23 Å². The van der Waals surface area contributed by atoms with Crippen LogP contribution >= 0.6 is 7.75 Å². The van der Waals surface area contributed by atoms with E-state index in [1.54, 1.807) is 5.09 Å². The maximum absolute atomic E-state index is 14.3. The highest BCUT2D eigenvalue weighted by Crippen LogP contribution is 2.44. The SMILES string of the molecule is C[C@H](NP(=O)(O)OC[C@H]1O[C@@H](n2ccc(N)nc2=O)C(F)(F)[C@@H]1O)C(=O)O. The molecule has 1 aliphatic rings. The quantitative estimate of drug-likeness (QED) is 0.341. The number of nitrogen functional groups attached to an aromatic ring is 1. The van der Waals surface area contributed by atoms with Crippen LogP contribution in [0.5, 0.6) is 0 Å². The van der Waals surface area contributed by atoms with Gasteiger partial charge in [-0.05, 0) is 13.0 Å². The summed E-state index contributed by atoms with van der Waals surface area (Å²) in [4.78, 5) is 35.2. The summed E-state index contributed by atoms with van der Waals surface area (Å²) in [7, 11) is -4.70. The van der Waals surface area contributed by atoms with E-state index in [1.807, 2.05) is 0 Å². The van der Waals surface area contributed by atoms with E-state index in [1.165, 1.54) is 0 Å². The van der Waals surface area contributed by atoms with E-state index in [4.69, 9.17) is 15.6 Å². The topological polar surface area (TPSA) is 186 Å². The molecule has 0 bridgehead atoms. The van der Waals surface area contributed by atoms with Crippen LogP contribution in [0.15, 0.2) is 17.1 Å². The minimum absolute atomic E-state index is 0.210. The van der Waals surface area contributed by atoms with Crippen LogP contribution in [0.1, 0.15) is 13.2 Å². The molecule has 1 aliphatic heterocycles. The van der Waals surface area contributed by atoms with Gasteiger partial charge in [-0.15, -0.1) is 0 Å². The number of carboxylic acid groups (broad SMARTS) is 1. The zero-order valence-corrected chi connectivity index (χ0v) is 14.6. The Hall–Kier alpha value is -1.96. The summed E-state index contributed by atoms with van der Waals surface area (Å²) in [6, 6.07) is -0.403. The summed E-state index contributed by atoms with van der Waals surface area (Å²) in [5.74, 6) is -5.62. The minimum atomic E-state index is -4.70. The molecular formula is C12H17F2N4O8P. The number of aromatic nitrogens is 2. The van der Waals surface area contributed by atoms with Gasteiger partial charge in [0.25, 0.3) is 0 Å². The number of ether oxygens (including phenoxy) is 1. The highest BCUT2D eigenvalue weighted by atomic mass is 31.2. The van der Waals surface area contributed by atoms with Gasteiger partial charge < -0.3 is 25.6 Å². The lowest BCUT2D eigenvalue weighted by atomic mass is 10.1. The first-order chi connectivity index (χ1) is 12.3. The number of hydrogen-bond acceptors (Lipinski definition) is 8. The number of alkyl halides is 2. The molecule has 0 aliphatic carbocycles. The van der Waals surface area contributed by atoms with Crippen molar-refractivity contribution in [3.63, 3.8) is 0 Å². The molecular weight excluding hydrogens is 397 g/mol. The fourth-order valence-electron chi connectivity index (χ4n) is 2.22. The third kappa shape index (κ3) is 4.66. The van der Waals surface area contributed by atoms with Gasteiger partial charge in [-0.25, -0.2) is 14.4 Å². The van der Waals surface area contributed by atoms with Gasteiger partial charge >= 0.3 is 25.3 Å². The monoisotopic (exact) mass is 414 g/mol. The molecule has 27 heavy (non-hydrogen) atoms. The van der Waals surface area contributed by atoms with Gasteiger partial charge in [0.1, 0.15) is 18.0 Å². The third-order valence-electron chi connectivity index (χ3n) is 3.62. The number of halogens is 2. The smallest absolute Gasteiger partial charge is 0.403 e. The van der Waals surface area contributed by atoms with E-state index in [2.05, 4.69) is 9.51 Å². The molecule has 5 atom stereocenters. The molecule has 12 nitrogen and oxygen atoms in total. The van der Waals surface area contributed by atoms with E-state index in [0.717, 1.165) is 19.2 Å². The van der Waals surface area contributed by atoms with Gasteiger partial charge in [0.15, 0.2) is 6.10 Å². The number of aliphatic hydroxyl groups excluding tert-OH is 1. The zero-order valence-electron chi connectivity index (χ0n) is 13.7. The highest BCUT2D eigenvalue weighted by molar-refractivity contribution is 7.50. The normalized spacial score (nSPS) is 27.8. The van der Waals surface area contributed by atoms with Crippen molar-refractivity contribution in [2.75, 3.05) is 12.3 Å². The Morgan fingerprint density at radius 1 is 1.63 bits per heavy atom. The number of aliphatic hydroxyl groups is 1. The third-order valence-corrected chi connectivity index (χ3v) is 4.84. The molecule has 152 valence electrons. The number of hydrogen-bond donors (Lipinski definition) is 5. The Kier molecular flexibility index (Phi) is 5.99. The average Bonchev–Trinajstić information content (AvgIpc) is 2.76. The minimum Gasteiger partial charge on any atom is -0.480 e. The van der Waals surface area contributed by atoms with Crippen LogP contribution in [0.3, 0.4) is 0 Å². The van der Waals surface area contributed by atoms with Crippen molar-refractivity contribution < 1.29 is 42.5 Å². The van der Waals surface area contributed by atoms with E-state index in [-0.39, 0.29) is 5.82 Å². The first-order valence-corrected chi connectivity index (χ1v) is 8.97. The Morgan fingerprint density at radius 3 is 2.81 bits per heavy atom. The van der Waals surface area contributed by atoms with Gasteiger partial charge in [0, 0.05) is 6.20 Å². The van der Waals surface area contributed by atoms with Crippen molar-refractivity contribution in [3.8, 4) is 0 Å². The molecule has 15 heteroatoms. The van der Waals surface area contributed by atoms with E-state index >= 15 is 0 Å². The van der Waals surface area contributed by atoms with Crippen molar-refractivity contribution in [2.45, 2.75) is 37.3 Å². The first-order valence-electron chi connectivity index (χ1n) is 7.39. The number of carbonyl (C=O) groups is 1. The van der Waals surface area contributed by atoms with Crippen LogP contribution in [0.4, 0.5) is 14.6 Å². The van der Waals surface area contributed by atoms with Gasteiger partial charge in [0.05, 0.1) is 6.61 Å². The molecule has 2 rings (SSSR count). The lowest BCUT2D eigenvalue weighted by Gasteiger charge is -2.21. The zero-order chi connectivity index (χ0) is 20.6. The Morgan fingerprint density at radius 2 is 2.26 bits per heavy atom. The molecule has 1 saturated heterocycles. The van der Waals surface area contributed by atoms with Gasteiger partial charge in [-0.3, -0.25) is 13.9 Å². The van der Waals surface area contributed by atoms with Crippen LogP contribution in [-0.4, -0.2) is 61.4 Å². The summed E-state index contributed by atoms with van der Waals surface area (Å²) in [5, 5.41) is 20.2. The number of carboxylic acids is 1. The predicted molar refractivity (Wildman–Crippen MR) is 83.8 cm³/mol.